The van der Waals surface area contributed by atoms with E-state index < -0.39 is 10.0 Å². The van der Waals surface area contributed by atoms with Gasteiger partial charge < -0.3 is 38.1 Å². The summed E-state index contributed by atoms with van der Waals surface area (Å²) < 4.78 is 27.8. The van der Waals surface area contributed by atoms with E-state index in [0.29, 0.717) is 54.8 Å². The van der Waals surface area contributed by atoms with Crippen LogP contribution in [0, 0.1) is 0 Å². The Morgan fingerprint density at radius 3 is 1.82 bits per heavy atom. The van der Waals surface area contributed by atoms with Crippen LogP contribution in [0.5, 0.6) is 0 Å². The van der Waals surface area contributed by atoms with Gasteiger partial charge in [-0.2, -0.15) is 15.0 Å². The molecular formula is C22H32N12O2S2. The molecule has 10 N–H and O–H groups in total. The van der Waals surface area contributed by atoms with Crippen LogP contribution in [-0.4, -0.2) is 78.7 Å². The third kappa shape index (κ3) is 6.28. The number of thiazole rings is 1. The lowest BCUT2D eigenvalue weighted by Crippen LogP contribution is -2.54. The minimum atomic E-state index is -3.77. The summed E-state index contributed by atoms with van der Waals surface area (Å²) in [5, 5.41) is 5.16. The molecule has 4 unspecified atom stereocenters. The summed E-state index contributed by atoms with van der Waals surface area (Å²) in [4.78, 5) is 22.0. The number of nitrogens with two attached hydrogens (primary N) is 4. The third-order valence-corrected chi connectivity index (χ3v) is 8.46. The molecule has 0 spiro atoms. The number of aromatic nitrogens is 4. The molecule has 0 radical (unpaired) electrons. The van der Waals surface area contributed by atoms with Crippen molar-refractivity contribution in [2.45, 2.75) is 41.9 Å². The predicted octanol–water partition coefficient (Wildman–Crippen LogP) is -0.398. The highest BCUT2D eigenvalue weighted by Gasteiger charge is 2.29. The van der Waals surface area contributed by atoms with Crippen molar-refractivity contribution >= 4 is 50.0 Å². The largest absolute Gasteiger partial charge is 0.338 e. The highest BCUT2D eigenvalue weighted by molar-refractivity contribution is 7.93. The molecule has 1 aromatic carbocycles. The number of nitrogens with one attached hydrogen (secondary N) is 2. The van der Waals surface area contributed by atoms with Crippen LogP contribution in [0.4, 0.5) is 28.7 Å². The molecule has 0 bridgehead atoms. The number of anilines is 5. The summed E-state index contributed by atoms with van der Waals surface area (Å²) in [7, 11) is -3.77. The molecule has 2 aliphatic heterocycles. The van der Waals surface area contributed by atoms with Crippen molar-refractivity contribution in [3.63, 3.8) is 0 Å². The molecule has 16 heteroatoms. The highest BCUT2D eigenvalue weighted by atomic mass is 32.2. The van der Waals surface area contributed by atoms with Crippen molar-refractivity contribution in [1.29, 1.82) is 0 Å². The summed E-state index contributed by atoms with van der Waals surface area (Å²) in [6, 6.07) is 5.87. The second-order valence-electron chi connectivity index (χ2n) is 9.67. The lowest BCUT2D eigenvalue weighted by atomic mass is 10.0. The first kappa shape index (κ1) is 26.5. The Bertz CT molecular complexity index is 1270. The lowest BCUT2D eigenvalue weighted by Gasteiger charge is -2.37. The minimum absolute atomic E-state index is 0.0975. The Kier molecular flexibility index (Phi) is 7.60. The van der Waals surface area contributed by atoms with E-state index in [9.17, 15) is 8.42 Å². The summed E-state index contributed by atoms with van der Waals surface area (Å²) in [5.41, 5.74) is 25.5. The van der Waals surface area contributed by atoms with Crippen molar-refractivity contribution < 1.29 is 8.42 Å². The highest BCUT2D eigenvalue weighted by Crippen LogP contribution is 2.25. The Morgan fingerprint density at radius 2 is 1.34 bits per heavy atom. The van der Waals surface area contributed by atoms with E-state index in [-0.39, 0.29) is 29.1 Å². The molecule has 38 heavy (non-hydrogen) atoms. The molecular weight excluding hydrogens is 528 g/mol. The quantitative estimate of drug-likeness (QED) is 0.217. The Morgan fingerprint density at radius 1 is 0.816 bits per heavy atom. The van der Waals surface area contributed by atoms with E-state index in [4.69, 9.17) is 27.9 Å². The maximum absolute atomic E-state index is 12.7. The number of sulfonamides is 1. The molecule has 2 aliphatic rings. The SMILES string of the molecule is NC1CC(N)CN(c2nc(Nc3ccc(S(=O)(=O)Nc4nccs4)cc3)nc(N3CC(N)CC(N)C3)n2)C1. The molecule has 2 saturated heterocycles. The fraction of sp³-hybridized carbons (Fsp3) is 0.455. The summed E-state index contributed by atoms with van der Waals surface area (Å²) in [6.07, 6.45) is 2.98. The van der Waals surface area contributed by atoms with Gasteiger partial charge in [-0.3, -0.25) is 4.72 Å². The van der Waals surface area contributed by atoms with Gasteiger partial charge in [-0.25, -0.2) is 13.4 Å². The number of benzene rings is 1. The summed E-state index contributed by atoms with van der Waals surface area (Å²) in [5.74, 6) is 1.19. The first-order valence-electron chi connectivity index (χ1n) is 12.2. The van der Waals surface area contributed by atoms with Crippen LogP contribution in [-0.2, 0) is 10.0 Å². The fourth-order valence-corrected chi connectivity index (χ4v) is 6.46. The van der Waals surface area contributed by atoms with Gasteiger partial charge in [0.2, 0.25) is 17.8 Å². The molecule has 0 aliphatic carbocycles. The molecule has 14 nitrogen and oxygen atoms in total. The first-order valence-corrected chi connectivity index (χ1v) is 14.6. The number of nitrogens with zero attached hydrogens (tertiary/aromatic N) is 6. The van der Waals surface area contributed by atoms with Crippen LogP contribution in [0.1, 0.15) is 12.8 Å². The lowest BCUT2D eigenvalue weighted by molar-refractivity contribution is 0.441. The van der Waals surface area contributed by atoms with Crippen molar-refractivity contribution in [2.75, 3.05) is 46.0 Å². The zero-order chi connectivity index (χ0) is 26.9. The third-order valence-electron chi connectivity index (χ3n) is 6.28. The second-order valence-corrected chi connectivity index (χ2v) is 12.2. The van der Waals surface area contributed by atoms with Crippen molar-refractivity contribution in [1.82, 2.24) is 19.9 Å². The molecule has 0 saturated carbocycles. The van der Waals surface area contributed by atoms with Gasteiger partial charge in [0, 0.05) is 67.6 Å². The van der Waals surface area contributed by atoms with Gasteiger partial charge >= 0.3 is 0 Å². The van der Waals surface area contributed by atoms with Crippen LogP contribution in [0.15, 0.2) is 40.7 Å². The van der Waals surface area contributed by atoms with E-state index in [2.05, 4.69) is 25.0 Å². The van der Waals surface area contributed by atoms with Crippen molar-refractivity contribution in [2.24, 2.45) is 22.9 Å². The van der Waals surface area contributed by atoms with Gasteiger partial charge in [-0.1, -0.05) is 0 Å². The average molecular weight is 561 g/mol. The van der Waals surface area contributed by atoms with Gasteiger partial charge in [-0.15, -0.1) is 11.3 Å². The van der Waals surface area contributed by atoms with Gasteiger partial charge in [0.25, 0.3) is 10.0 Å². The van der Waals surface area contributed by atoms with E-state index >= 15 is 0 Å². The Balaban J connectivity index is 1.41. The summed E-state index contributed by atoms with van der Waals surface area (Å²) in [6.45, 7) is 2.26. The monoisotopic (exact) mass is 560 g/mol. The zero-order valence-electron chi connectivity index (χ0n) is 20.6. The molecule has 204 valence electrons. The smallest absolute Gasteiger partial charge is 0.263 e. The topological polar surface area (TPSA) is 220 Å². The van der Waals surface area contributed by atoms with E-state index in [1.807, 2.05) is 9.80 Å². The summed E-state index contributed by atoms with van der Waals surface area (Å²) >= 11 is 1.20. The molecule has 3 aromatic rings. The zero-order valence-corrected chi connectivity index (χ0v) is 22.3. The molecule has 4 atom stereocenters. The predicted molar refractivity (Wildman–Crippen MR) is 148 cm³/mol. The molecule has 2 fully saturated rings. The molecule has 0 amide bonds. The van der Waals surface area contributed by atoms with Gasteiger partial charge in [0.05, 0.1) is 4.90 Å². The number of hydrogen-bond acceptors (Lipinski definition) is 14. The van der Waals surface area contributed by atoms with Crippen molar-refractivity contribution in [3.8, 4) is 0 Å². The van der Waals surface area contributed by atoms with E-state index in [1.165, 1.54) is 29.7 Å². The molecule has 5 rings (SSSR count). The van der Waals surface area contributed by atoms with Crippen molar-refractivity contribution in [3.05, 3.63) is 35.8 Å². The second kappa shape index (κ2) is 10.9. The number of rotatable bonds is 7. The van der Waals surface area contributed by atoms with Crippen LogP contribution in [0.25, 0.3) is 0 Å². The van der Waals surface area contributed by atoms with Gasteiger partial charge in [0.15, 0.2) is 5.13 Å². The minimum Gasteiger partial charge on any atom is -0.338 e. The molecule has 2 aromatic heterocycles. The van der Waals surface area contributed by atoms with Gasteiger partial charge in [0.1, 0.15) is 0 Å². The first-order chi connectivity index (χ1) is 18.1. The van der Waals surface area contributed by atoms with Crippen LogP contribution in [0.3, 0.4) is 0 Å². The van der Waals surface area contributed by atoms with E-state index in [0.717, 1.165) is 12.8 Å². The molecule has 4 heterocycles. The Hall–Kier alpha value is -3.15. The maximum Gasteiger partial charge on any atom is 0.263 e. The van der Waals surface area contributed by atoms with Crippen LogP contribution >= 0.6 is 11.3 Å². The number of piperidine rings is 2. The van der Waals surface area contributed by atoms with Crippen LogP contribution in [0.2, 0.25) is 0 Å². The fourth-order valence-electron chi connectivity index (χ4n) is 4.67. The number of hydrogen-bond donors (Lipinski definition) is 6. The van der Waals surface area contributed by atoms with Gasteiger partial charge in [-0.05, 0) is 37.1 Å². The Labute approximate surface area is 224 Å². The van der Waals surface area contributed by atoms with E-state index in [1.54, 1.807) is 17.5 Å². The average Bonchev–Trinajstić information content (AvgIpc) is 3.35. The van der Waals surface area contributed by atoms with Crippen LogP contribution < -0.4 is 42.8 Å². The normalized spacial score (nSPS) is 24.3. The standard InChI is InChI=1S/C22H32N12O2S2/c23-13-7-14(24)10-33(9-13)20-29-19(30-21(31-20)34-11-15(25)8-16(26)12-34)28-17-1-3-18(4-2-17)38(35,36)32-22-27-5-6-37-22/h1-6,13-16H,7-12,23-26H2,(H,27,32)(H,28,29,30,31). The maximum atomic E-state index is 12.7.